The Morgan fingerprint density at radius 1 is 1.04 bits per heavy atom. The van der Waals surface area contributed by atoms with Gasteiger partial charge in [0, 0.05) is 32.4 Å². The van der Waals surface area contributed by atoms with Crippen molar-refractivity contribution in [2.45, 2.75) is 13.8 Å². The Labute approximate surface area is 154 Å². The van der Waals surface area contributed by atoms with Crippen LogP contribution in [0.5, 0.6) is 5.75 Å². The van der Waals surface area contributed by atoms with E-state index in [0.29, 0.717) is 23.7 Å². The summed E-state index contributed by atoms with van der Waals surface area (Å²) in [7, 11) is 3.91. The van der Waals surface area contributed by atoms with Crippen LogP contribution in [0.15, 0.2) is 48.5 Å². The lowest BCUT2D eigenvalue weighted by molar-refractivity contribution is -0.120. The number of para-hydroxylation sites is 2. The van der Waals surface area contributed by atoms with Crippen LogP contribution in [0.4, 0.5) is 17.1 Å². The van der Waals surface area contributed by atoms with E-state index < -0.39 is 0 Å². The molecule has 0 saturated heterocycles. The molecule has 1 N–H and O–H groups in total. The molecule has 0 radical (unpaired) electrons. The van der Waals surface area contributed by atoms with E-state index >= 15 is 0 Å². The van der Waals surface area contributed by atoms with Gasteiger partial charge in [-0.2, -0.15) is 0 Å². The maximum atomic E-state index is 12.4. The second-order valence-corrected chi connectivity index (χ2v) is 6.00. The Hall–Kier alpha value is -3.02. The van der Waals surface area contributed by atoms with E-state index in [2.05, 4.69) is 5.32 Å². The van der Waals surface area contributed by atoms with Gasteiger partial charge < -0.3 is 15.0 Å². The van der Waals surface area contributed by atoms with E-state index in [9.17, 15) is 9.59 Å². The molecule has 2 rings (SSSR count). The molecule has 138 valence electrons. The molecule has 26 heavy (non-hydrogen) atoms. The molecule has 0 aliphatic carbocycles. The Morgan fingerprint density at radius 3 is 2.27 bits per heavy atom. The fourth-order valence-corrected chi connectivity index (χ4v) is 2.51. The van der Waals surface area contributed by atoms with E-state index in [1.807, 2.05) is 62.3 Å². The number of nitrogens with one attached hydrogen (secondary N) is 1. The summed E-state index contributed by atoms with van der Waals surface area (Å²) in [5.74, 6) is 0.0766. The van der Waals surface area contributed by atoms with Crippen molar-refractivity contribution in [1.82, 2.24) is 0 Å². The summed E-state index contributed by atoms with van der Waals surface area (Å²) in [5, 5.41) is 2.82. The molecule has 0 spiro atoms. The number of ether oxygens (including phenoxy) is 1. The molecule has 0 saturated carbocycles. The van der Waals surface area contributed by atoms with Gasteiger partial charge in [-0.25, -0.2) is 0 Å². The third kappa shape index (κ3) is 4.99. The van der Waals surface area contributed by atoms with E-state index in [4.69, 9.17) is 4.74 Å². The van der Waals surface area contributed by atoms with Crippen molar-refractivity contribution in [3.63, 3.8) is 0 Å². The summed E-state index contributed by atoms with van der Waals surface area (Å²) in [6.45, 7) is 3.70. The third-order valence-electron chi connectivity index (χ3n) is 3.81. The average Bonchev–Trinajstić information content (AvgIpc) is 2.61. The summed E-state index contributed by atoms with van der Waals surface area (Å²) >= 11 is 0. The SMILES string of the molecule is CCOc1ccccc1N(CC(=O)Nc1ccc(N(C)C)cc1)C(C)=O. The zero-order chi connectivity index (χ0) is 19.1. The van der Waals surface area contributed by atoms with Gasteiger partial charge in [0.25, 0.3) is 0 Å². The predicted molar refractivity (Wildman–Crippen MR) is 105 cm³/mol. The van der Waals surface area contributed by atoms with Crippen LogP contribution in [-0.2, 0) is 9.59 Å². The number of benzene rings is 2. The monoisotopic (exact) mass is 355 g/mol. The van der Waals surface area contributed by atoms with E-state index in [1.165, 1.54) is 11.8 Å². The van der Waals surface area contributed by atoms with Gasteiger partial charge in [0.05, 0.1) is 12.3 Å². The molecule has 0 aliphatic rings. The van der Waals surface area contributed by atoms with Crippen molar-refractivity contribution in [3.05, 3.63) is 48.5 Å². The molecular weight excluding hydrogens is 330 g/mol. The highest BCUT2D eigenvalue weighted by molar-refractivity contribution is 6.02. The van der Waals surface area contributed by atoms with Gasteiger partial charge in [0.2, 0.25) is 11.8 Å². The van der Waals surface area contributed by atoms with Gasteiger partial charge >= 0.3 is 0 Å². The van der Waals surface area contributed by atoms with Crippen molar-refractivity contribution < 1.29 is 14.3 Å². The van der Waals surface area contributed by atoms with E-state index in [1.54, 1.807) is 12.1 Å². The molecule has 2 aromatic carbocycles. The molecule has 6 heteroatoms. The van der Waals surface area contributed by atoms with Crippen molar-refractivity contribution in [2.24, 2.45) is 0 Å². The largest absolute Gasteiger partial charge is 0.492 e. The zero-order valence-corrected chi connectivity index (χ0v) is 15.7. The molecule has 0 fully saturated rings. The number of nitrogens with zero attached hydrogens (tertiary/aromatic N) is 2. The number of carbonyl (C=O) groups excluding carboxylic acids is 2. The van der Waals surface area contributed by atoms with Crippen molar-refractivity contribution in [2.75, 3.05) is 42.4 Å². The molecule has 0 bridgehead atoms. The maximum Gasteiger partial charge on any atom is 0.244 e. The Kier molecular flexibility index (Phi) is 6.60. The second-order valence-electron chi connectivity index (χ2n) is 6.00. The average molecular weight is 355 g/mol. The molecule has 0 atom stereocenters. The van der Waals surface area contributed by atoms with Crippen LogP contribution in [-0.4, -0.2) is 39.1 Å². The quantitative estimate of drug-likeness (QED) is 0.829. The smallest absolute Gasteiger partial charge is 0.244 e. The van der Waals surface area contributed by atoms with Gasteiger partial charge in [-0.05, 0) is 43.3 Å². The van der Waals surface area contributed by atoms with Crippen LogP contribution >= 0.6 is 0 Å². The van der Waals surface area contributed by atoms with Crippen molar-refractivity contribution >= 4 is 28.9 Å². The first-order valence-electron chi connectivity index (χ1n) is 8.49. The zero-order valence-electron chi connectivity index (χ0n) is 15.7. The summed E-state index contributed by atoms with van der Waals surface area (Å²) in [4.78, 5) is 27.9. The number of hydrogen-bond acceptors (Lipinski definition) is 4. The highest BCUT2D eigenvalue weighted by Crippen LogP contribution is 2.28. The second kappa shape index (κ2) is 8.89. The van der Waals surface area contributed by atoms with Crippen molar-refractivity contribution in [3.8, 4) is 5.75 Å². The lowest BCUT2D eigenvalue weighted by Crippen LogP contribution is -2.37. The summed E-state index contributed by atoms with van der Waals surface area (Å²) in [5.41, 5.74) is 2.31. The van der Waals surface area contributed by atoms with Gasteiger partial charge in [-0.15, -0.1) is 0 Å². The first-order chi connectivity index (χ1) is 12.4. The highest BCUT2D eigenvalue weighted by Gasteiger charge is 2.19. The number of hydrogen-bond donors (Lipinski definition) is 1. The van der Waals surface area contributed by atoms with E-state index in [0.717, 1.165) is 5.69 Å². The first-order valence-corrected chi connectivity index (χ1v) is 8.49. The Morgan fingerprint density at radius 2 is 1.69 bits per heavy atom. The summed E-state index contributed by atoms with van der Waals surface area (Å²) < 4.78 is 5.57. The standard InChI is InChI=1S/C20H25N3O3/c1-5-26-19-9-7-6-8-18(19)23(15(2)24)14-20(25)21-16-10-12-17(13-11-16)22(3)4/h6-13H,5,14H2,1-4H3,(H,21,25). The fraction of sp³-hybridized carbons (Fsp3) is 0.300. The van der Waals surface area contributed by atoms with Crippen LogP contribution < -0.4 is 19.9 Å². The molecule has 2 aromatic rings. The molecule has 2 amide bonds. The molecule has 0 unspecified atom stereocenters. The van der Waals surface area contributed by atoms with Crippen LogP contribution in [0.2, 0.25) is 0 Å². The Balaban J connectivity index is 2.12. The van der Waals surface area contributed by atoms with Crippen LogP contribution in [0, 0.1) is 0 Å². The van der Waals surface area contributed by atoms with Gasteiger partial charge in [0.1, 0.15) is 12.3 Å². The molecule has 6 nitrogen and oxygen atoms in total. The number of amides is 2. The summed E-state index contributed by atoms with van der Waals surface area (Å²) in [6.07, 6.45) is 0. The molecular formula is C20H25N3O3. The van der Waals surface area contributed by atoms with Gasteiger partial charge in [-0.3, -0.25) is 14.5 Å². The van der Waals surface area contributed by atoms with Crippen molar-refractivity contribution in [1.29, 1.82) is 0 Å². The molecule has 0 aliphatic heterocycles. The summed E-state index contributed by atoms with van der Waals surface area (Å²) in [6, 6.07) is 14.7. The first kappa shape index (κ1) is 19.3. The molecule has 0 aromatic heterocycles. The minimum Gasteiger partial charge on any atom is -0.492 e. The topological polar surface area (TPSA) is 61.9 Å². The van der Waals surface area contributed by atoms with Gasteiger partial charge in [-0.1, -0.05) is 12.1 Å². The fourth-order valence-electron chi connectivity index (χ4n) is 2.51. The van der Waals surface area contributed by atoms with Crippen LogP contribution in [0.3, 0.4) is 0 Å². The molecule has 0 heterocycles. The number of carbonyl (C=O) groups is 2. The lowest BCUT2D eigenvalue weighted by Gasteiger charge is -2.23. The Bertz CT molecular complexity index is 757. The minimum atomic E-state index is -0.274. The van der Waals surface area contributed by atoms with Crippen LogP contribution in [0.1, 0.15) is 13.8 Å². The highest BCUT2D eigenvalue weighted by atomic mass is 16.5. The lowest BCUT2D eigenvalue weighted by atomic mass is 10.2. The van der Waals surface area contributed by atoms with E-state index in [-0.39, 0.29) is 18.4 Å². The number of rotatable bonds is 7. The van der Waals surface area contributed by atoms with Crippen LogP contribution in [0.25, 0.3) is 0 Å². The number of anilines is 3. The normalized spacial score (nSPS) is 10.2. The minimum absolute atomic E-state index is 0.0884. The maximum absolute atomic E-state index is 12.4. The predicted octanol–water partition coefficient (Wildman–Crippen LogP) is 3.14. The van der Waals surface area contributed by atoms with Gasteiger partial charge in [0.15, 0.2) is 0 Å². The third-order valence-corrected chi connectivity index (χ3v) is 3.81.